The van der Waals surface area contributed by atoms with Crippen LogP contribution in [0.1, 0.15) is 11.1 Å². The molecule has 0 unspecified atom stereocenters. The van der Waals surface area contributed by atoms with Gasteiger partial charge in [0, 0.05) is 6.20 Å². The largest absolute Gasteiger partial charge is 0.292 e. The van der Waals surface area contributed by atoms with Crippen LogP contribution < -0.4 is 5.48 Å². The number of hydrogen-bond donors (Lipinski definition) is 2. The summed E-state index contributed by atoms with van der Waals surface area (Å²) in [5, 5.41) is 8.28. The third kappa shape index (κ3) is 2.09. The van der Waals surface area contributed by atoms with Crippen molar-refractivity contribution in [3.05, 3.63) is 41.6 Å². The van der Waals surface area contributed by atoms with Crippen LogP contribution in [0.5, 0.6) is 0 Å². The minimum atomic E-state index is 1.11. The second-order valence-corrected chi connectivity index (χ2v) is 2.32. The Labute approximate surface area is 66.1 Å². The smallest absolute Gasteiger partial charge is 0.0246 e. The molecule has 1 aromatic rings. The van der Waals surface area contributed by atoms with Crippen LogP contribution in [0.3, 0.4) is 0 Å². The highest BCUT2D eigenvalue weighted by Gasteiger charge is 1.88. The van der Waals surface area contributed by atoms with Gasteiger partial charge in [-0.3, -0.25) is 10.7 Å². The molecule has 0 radical (unpaired) electrons. The summed E-state index contributed by atoms with van der Waals surface area (Å²) in [6.07, 6.45) is 3.30. The van der Waals surface area contributed by atoms with Crippen molar-refractivity contribution in [2.24, 2.45) is 0 Å². The molecular formula is C9H11NO. The summed E-state index contributed by atoms with van der Waals surface area (Å²) in [5.41, 5.74) is 4.26. The predicted molar refractivity (Wildman–Crippen MR) is 45.1 cm³/mol. The first-order valence-electron chi connectivity index (χ1n) is 3.46. The fourth-order valence-corrected chi connectivity index (χ4v) is 0.901. The summed E-state index contributed by atoms with van der Waals surface area (Å²) in [5.74, 6) is 0. The molecule has 0 saturated heterocycles. The number of nitrogens with one attached hydrogen (secondary N) is 1. The topological polar surface area (TPSA) is 32.3 Å². The number of aryl methyl sites for hydroxylation is 1. The van der Waals surface area contributed by atoms with E-state index in [4.69, 9.17) is 5.21 Å². The minimum Gasteiger partial charge on any atom is -0.292 e. The van der Waals surface area contributed by atoms with Gasteiger partial charge in [0.05, 0.1) is 0 Å². The molecule has 2 N–H and O–H groups in total. The van der Waals surface area contributed by atoms with Gasteiger partial charge in [-0.1, -0.05) is 24.3 Å². The summed E-state index contributed by atoms with van der Waals surface area (Å²) in [6, 6.07) is 7.96. The third-order valence-corrected chi connectivity index (χ3v) is 1.53. The van der Waals surface area contributed by atoms with Crippen LogP contribution in [0.4, 0.5) is 0 Å². The SMILES string of the molecule is Cc1ccccc1/C=C/NO. The van der Waals surface area contributed by atoms with Crippen molar-refractivity contribution in [1.29, 1.82) is 0 Å². The molecule has 1 aromatic carbocycles. The van der Waals surface area contributed by atoms with Gasteiger partial charge in [0.1, 0.15) is 0 Å². The van der Waals surface area contributed by atoms with E-state index in [1.807, 2.05) is 42.7 Å². The quantitative estimate of drug-likeness (QED) is 0.630. The van der Waals surface area contributed by atoms with Gasteiger partial charge in [-0.15, -0.1) is 0 Å². The second-order valence-electron chi connectivity index (χ2n) is 2.32. The van der Waals surface area contributed by atoms with E-state index in [0.29, 0.717) is 0 Å². The lowest BCUT2D eigenvalue weighted by molar-refractivity contribution is 0.215. The first-order valence-corrected chi connectivity index (χ1v) is 3.46. The monoisotopic (exact) mass is 149 g/mol. The van der Waals surface area contributed by atoms with Crippen molar-refractivity contribution in [2.75, 3.05) is 0 Å². The zero-order valence-electron chi connectivity index (χ0n) is 6.41. The molecule has 0 atom stereocenters. The van der Waals surface area contributed by atoms with Crippen molar-refractivity contribution >= 4 is 6.08 Å². The van der Waals surface area contributed by atoms with Gasteiger partial charge in [-0.2, -0.15) is 0 Å². The van der Waals surface area contributed by atoms with Gasteiger partial charge in [0.25, 0.3) is 0 Å². The standard InChI is InChI=1S/C9H11NO/c1-8-4-2-3-5-9(8)6-7-10-11/h2-7,10-11H,1H3/b7-6+. The molecular weight excluding hydrogens is 138 g/mol. The summed E-state index contributed by atoms with van der Waals surface area (Å²) < 4.78 is 0. The fraction of sp³-hybridized carbons (Fsp3) is 0.111. The molecule has 2 heteroatoms. The number of benzene rings is 1. The summed E-state index contributed by atoms with van der Waals surface area (Å²) in [7, 11) is 0. The maximum atomic E-state index is 8.28. The Morgan fingerprint density at radius 2 is 2.09 bits per heavy atom. The average molecular weight is 149 g/mol. The first-order chi connectivity index (χ1) is 5.34. The van der Waals surface area contributed by atoms with E-state index in [0.717, 1.165) is 5.56 Å². The highest BCUT2D eigenvalue weighted by atomic mass is 16.5. The molecule has 11 heavy (non-hydrogen) atoms. The maximum Gasteiger partial charge on any atom is 0.0246 e. The van der Waals surface area contributed by atoms with Crippen LogP contribution in [0.15, 0.2) is 30.5 Å². The van der Waals surface area contributed by atoms with E-state index in [9.17, 15) is 0 Å². The maximum absolute atomic E-state index is 8.28. The fourth-order valence-electron chi connectivity index (χ4n) is 0.901. The van der Waals surface area contributed by atoms with E-state index in [1.165, 1.54) is 11.8 Å². The molecule has 0 spiro atoms. The summed E-state index contributed by atoms with van der Waals surface area (Å²) >= 11 is 0. The van der Waals surface area contributed by atoms with Crippen molar-refractivity contribution in [2.45, 2.75) is 6.92 Å². The Balaban J connectivity index is 2.86. The van der Waals surface area contributed by atoms with Gasteiger partial charge in [-0.05, 0) is 24.1 Å². The molecule has 0 saturated carbocycles. The molecule has 0 aromatic heterocycles. The highest BCUT2D eigenvalue weighted by Crippen LogP contribution is 2.07. The Hall–Kier alpha value is -1.28. The van der Waals surface area contributed by atoms with E-state index >= 15 is 0 Å². The molecule has 0 aliphatic rings. The second kappa shape index (κ2) is 3.78. The van der Waals surface area contributed by atoms with Gasteiger partial charge in [0.15, 0.2) is 0 Å². The molecule has 0 amide bonds. The first kappa shape index (κ1) is 7.82. The van der Waals surface area contributed by atoms with E-state index in [-0.39, 0.29) is 0 Å². The van der Waals surface area contributed by atoms with Crippen LogP contribution in [-0.2, 0) is 0 Å². The molecule has 0 aliphatic heterocycles. The molecule has 2 nitrogen and oxygen atoms in total. The number of hydroxylamine groups is 1. The minimum absolute atomic E-state index is 1.11. The lowest BCUT2D eigenvalue weighted by atomic mass is 10.1. The van der Waals surface area contributed by atoms with Gasteiger partial charge < -0.3 is 0 Å². The molecule has 0 heterocycles. The summed E-state index contributed by atoms with van der Waals surface area (Å²) in [4.78, 5) is 0. The van der Waals surface area contributed by atoms with Crippen LogP contribution >= 0.6 is 0 Å². The molecule has 0 aliphatic carbocycles. The van der Waals surface area contributed by atoms with Crippen LogP contribution in [0.25, 0.3) is 6.08 Å². The van der Waals surface area contributed by atoms with Crippen LogP contribution in [0.2, 0.25) is 0 Å². The molecule has 1 rings (SSSR count). The molecule has 0 fully saturated rings. The lowest BCUT2D eigenvalue weighted by Gasteiger charge is -1.97. The Morgan fingerprint density at radius 1 is 1.36 bits per heavy atom. The zero-order valence-corrected chi connectivity index (χ0v) is 6.41. The van der Waals surface area contributed by atoms with E-state index in [2.05, 4.69) is 0 Å². The normalized spacial score (nSPS) is 10.4. The molecule has 58 valence electrons. The lowest BCUT2D eigenvalue weighted by Crippen LogP contribution is -1.92. The Bertz CT molecular complexity index is 255. The van der Waals surface area contributed by atoms with Crippen molar-refractivity contribution < 1.29 is 5.21 Å². The van der Waals surface area contributed by atoms with Crippen molar-refractivity contribution in [3.8, 4) is 0 Å². The van der Waals surface area contributed by atoms with Crippen LogP contribution in [-0.4, -0.2) is 5.21 Å². The number of rotatable bonds is 2. The number of hydrogen-bond acceptors (Lipinski definition) is 2. The summed E-state index contributed by atoms with van der Waals surface area (Å²) in [6.45, 7) is 2.02. The Morgan fingerprint density at radius 3 is 2.73 bits per heavy atom. The van der Waals surface area contributed by atoms with E-state index in [1.54, 1.807) is 0 Å². The Kier molecular flexibility index (Phi) is 2.69. The van der Waals surface area contributed by atoms with Crippen molar-refractivity contribution in [1.82, 2.24) is 5.48 Å². The third-order valence-electron chi connectivity index (χ3n) is 1.53. The predicted octanol–water partition coefficient (Wildman–Crippen LogP) is 1.94. The van der Waals surface area contributed by atoms with E-state index < -0.39 is 0 Å². The van der Waals surface area contributed by atoms with Crippen molar-refractivity contribution in [3.63, 3.8) is 0 Å². The van der Waals surface area contributed by atoms with Gasteiger partial charge in [-0.25, -0.2) is 0 Å². The highest BCUT2D eigenvalue weighted by molar-refractivity contribution is 5.52. The molecule has 0 bridgehead atoms. The zero-order chi connectivity index (χ0) is 8.10. The van der Waals surface area contributed by atoms with Gasteiger partial charge in [0.2, 0.25) is 0 Å². The van der Waals surface area contributed by atoms with Crippen LogP contribution in [0, 0.1) is 6.92 Å². The average Bonchev–Trinajstić information content (AvgIpc) is 2.03. The van der Waals surface area contributed by atoms with Gasteiger partial charge >= 0.3 is 0 Å².